The van der Waals surface area contributed by atoms with Gasteiger partial charge >= 0.3 is 0 Å². The second kappa shape index (κ2) is 10.8. The van der Waals surface area contributed by atoms with E-state index in [1.807, 2.05) is 50.8 Å². The average molecular weight is 610 g/mol. The number of rotatable bonds is 6. The first-order valence-corrected chi connectivity index (χ1v) is 14.7. The van der Waals surface area contributed by atoms with Gasteiger partial charge in [0.1, 0.15) is 28.0 Å². The first-order chi connectivity index (χ1) is 20.4. The van der Waals surface area contributed by atoms with Crippen LogP contribution in [0.3, 0.4) is 0 Å². The summed E-state index contributed by atoms with van der Waals surface area (Å²) in [6, 6.07) is 6.11. The number of halogens is 3. The van der Waals surface area contributed by atoms with E-state index in [1.165, 1.54) is 16.0 Å². The molecule has 0 spiro atoms. The van der Waals surface area contributed by atoms with Gasteiger partial charge in [-0.15, -0.1) is 21.5 Å². The lowest BCUT2D eigenvalue weighted by Gasteiger charge is -2.43. The number of aryl methyl sites for hydroxylation is 2. The maximum atomic E-state index is 14.4. The van der Waals surface area contributed by atoms with Crippen molar-refractivity contribution in [2.24, 2.45) is 0 Å². The summed E-state index contributed by atoms with van der Waals surface area (Å²) in [7, 11) is 0. The first kappa shape index (κ1) is 28.9. The number of aromatic nitrogens is 7. The maximum Gasteiger partial charge on any atom is 0.264 e. The number of nitrogens with zero attached hydrogens (tertiary/aromatic N) is 9. The van der Waals surface area contributed by atoms with Crippen molar-refractivity contribution in [2.45, 2.75) is 46.2 Å². The topological polar surface area (TPSA) is 97.9 Å². The minimum absolute atomic E-state index is 0.0392. The van der Waals surface area contributed by atoms with Crippen molar-refractivity contribution in [2.75, 3.05) is 26.2 Å². The van der Waals surface area contributed by atoms with Crippen LogP contribution in [0, 0.1) is 31.3 Å². The van der Waals surface area contributed by atoms with Gasteiger partial charge in [-0.3, -0.25) is 9.69 Å². The molecule has 1 fully saturated rings. The third-order valence-electron chi connectivity index (χ3n) is 8.11. The molecule has 224 valence electrons. The fraction of sp³-hybridized carbons (Fsp3) is 0.379. The molecule has 0 N–H and O–H groups in total. The molecule has 0 radical (unpaired) electrons. The normalized spacial score (nSPS) is 15.4. The largest absolute Gasteiger partial charge is 0.335 e. The maximum absolute atomic E-state index is 14.4. The number of amides is 1. The van der Waals surface area contributed by atoms with E-state index in [1.54, 1.807) is 17.8 Å². The molecular formula is C29H30F3N9OS. The second-order valence-electron chi connectivity index (χ2n) is 11.2. The van der Waals surface area contributed by atoms with Crippen LogP contribution < -0.4 is 0 Å². The molecule has 1 saturated heterocycles. The van der Waals surface area contributed by atoms with E-state index in [9.17, 15) is 18.0 Å². The zero-order chi connectivity index (χ0) is 30.6. The van der Waals surface area contributed by atoms with Gasteiger partial charge in [0.15, 0.2) is 5.82 Å². The molecule has 0 aliphatic carbocycles. The Balaban J connectivity index is 1.15. The van der Waals surface area contributed by atoms with Crippen molar-refractivity contribution in [3.63, 3.8) is 0 Å². The SMILES string of the molecule is Cc1ccc(-n2nc(C)c3cc(C(=O)N4CCN(C(C)(C)c5cn([C@H](C)c6c(F)cc(F)cc6F)nn5)CC4)sc32)nn1. The van der Waals surface area contributed by atoms with Crippen LogP contribution in [-0.2, 0) is 5.54 Å². The molecular weight excluding hydrogens is 579 g/mol. The van der Waals surface area contributed by atoms with E-state index in [4.69, 9.17) is 0 Å². The Morgan fingerprint density at radius 1 is 0.977 bits per heavy atom. The lowest BCUT2D eigenvalue weighted by molar-refractivity contribution is 0.0381. The molecule has 6 rings (SSSR count). The van der Waals surface area contributed by atoms with Gasteiger partial charge in [-0.25, -0.2) is 22.5 Å². The molecule has 1 amide bonds. The monoisotopic (exact) mass is 609 g/mol. The predicted molar refractivity (Wildman–Crippen MR) is 155 cm³/mol. The van der Waals surface area contributed by atoms with E-state index in [-0.39, 0.29) is 11.5 Å². The van der Waals surface area contributed by atoms with Crippen LogP contribution in [0.15, 0.2) is 36.5 Å². The minimum atomic E-state index is -0.977. The number of hydrogen-bond acceptors (Lipinski definition) is 8. The summed E-state index contributed by atoms with van der Waals surface area (Å²) in [6.45, 7) is 11.6. The van der Waals surface area contributed by atoms with E-state index < -0.39 is 29.0 Å². The Bertz CT molecular complexity index is 1800. The Kier molecular flexibility index (Phi) is 7.29. The van der Waals surface area contributed by atoms with Crippen molar-refractivity contribution < 1.29 is 18.0 Å². The summed E-state index contributed by atoms with van der Waals surface area (Å²) >= 11 is 1.39. The van der Waals surface area contributed by atoms with E-state index in [0.29, 0.717) is 54.7 Å². The average Bonchev–Trinajstić information content (AvgIpc) is 3.70. The summed E-state index contributed by atoms with van der Waals surface area (Å²) in [5.41, 5.74) is 1.39. The van der Waals surface area contributed by atoms with Gasteiger partial charge in [0.2, 0.25) is 0 Å². The number of fused-ring (bicyclic) bond motifs is 1. The Hall–Kier alpha value is -4.17. The number of benzene rings is 1. The molecule has 1 aliphatic rings. The van der Waals surface area contributed by atoms with Crippen LogP contribution in [0.2, 0.25) is 0 Å². The molecule has 1 aromatic carbocycles. The highest BCUT2D eigenvalue weighted by atomic mass is 32.1. The number of hydrogen-bond donors (Lipinski definition) is 0. The van der Waals surface area contributed by atoms with Gasteiger partial charge in [0.05, 0.1) is 34.0 Å². The highest BCUT2D eigenvalue weighted by molar-refractivity contribution is 7.20. The quantitative estimate of drug-likeness (QED) is 0.273. The summed E-state index contributed by atoms with van der Waals surface area (Å²) < 4.78 is 45.3. The van der Waals surface area contributed by atoms with Gasteiger partial charge in [0.25, 0.3) is 5.91 Å². The summed E-state index contributed by atoms with van der Waals surface area (Å²) in [4.78, 5) is 19.1. The van der Waals surface area contributed by atoms with Crippen molar-refractivity contribution in [1.29, 1.82) is 0 Å². The Labute approximate surface area is 249 Å². The molecule has 5 heterocycles. The predicted octanol–water partition coefficient (Wildman–Crippen LogP) is 4.81. The van der Waals surface area contributed by atoms with Crippen LogP contribution in [0.25, 0.3) is 16.0 Å². The molecule has 10 nitrogen and oxygen atoms in total. The highest BCUT2D eigenvalue weighted by Gasteiger charge is 2.36. The lowest BCUT2D eigenvalue weighted by Crippen LogP contribution is -2.54. The highest BCUT2D eigenvalue weighted by Crippen LogP contribution is 2.33. The molecule has 1 aliphatic heterocycles. The third kappa shape index (κ3) is 5.18. The molecule has 43 heavy (non-hydrogen) atoms. The third-order valence-corrected chi connectivity index (χ3v) is 9.21. The van der Waals surface area contributed by atoms with Gasteiger partial charge in [0, 0.05) is 49.3 Å². The van der Waals surface area contributed by atoms with E-state index in [2.05, 4.69) is 30.5 Å². The zero-order valence-electron chi connectivity index (χ0n) is 24.3. The molecule has 5 aromatic rings. The lowest BCUT2D eigenvalue weighted by atomic mass is 9.97. The Morgan fingerprint density at radius 2 is 1.67 bits per heavy atom. The van der Waals surface area contributed by atoms with Crippen LogP contribution in [-0.4, -0.2) is 76.9 Å². The van der Waals surface area contributed by atoms with Crippen LogP contribution in [0.1, 0.15) is 59.1 Å². The van der Waals surface area contributed by atoms with Gasteiger partial charge in [-0.05, 0) is 52.8 Å². The second-order valence-corrected chi connectivity index (χ2v) is 12.3. The van der Waals surface area contributed by atoms with Crippen molar-refractivity contribution in [1.82, 2.24) is 44.8 Å². The molecule has 4 aromatic heterocycles. The standard InChI is InChI=1S/C29H30F3N9OS/c1-16-6-7-25(35-33-16)41-28-20(17(2)36-41)14-23(43-28)27(42)38-8-10-39(11-9-38)29(4,5)24-15-40(37-34-24)18(3)26-21(31)12-19(30)13-22(26)32/h6-7,12-15,18H,8-11H2,1-5H3/t18-/m1/s1. The zero-order valence-corrected chi connectivity index (χ0v) is 25.2. The Morgan fingerprint density at radius 3 is 2.33 bits per heavy atom. The van der Waals surface area contributed by atoms with Crippen LogP contribution >= 0.6 is 11.3 Å². The summed E-state index contributed by atoms with van der Waals surface area (Å²) in [5.74, 6) is -2.37. The smallest absolute Gasteiger partial charge is 0.264 e. The van der Waals surface area contributed by atoms with E-state index >= 15 is 0 Å². The number of carbonyl (C=O) groups excluding carboxylic acids is 1. The summed E-state index contributed by atoms with van der Waals surface area (Å²) in [6.07, 6.45) is 1.66. The van der Waals surface area contributed by atoms with Crippen molar-refractivity contribution >= 4 is 27.5 Å². The van der Waals surface area contributed by atoms with Crippen molar-refractivity contribution in [3.05, 3.63) is 81.5 Å². The number of carbonyl (C=O) groups is 1. The molecule has 0 unspecified atom stereocenters. The van der Waals surface area contributed by atoms with Crippen molar-refractivity contribution in [3.8, 4) is 5.82 Å². The van der Waals surface area contributed by atoms with Gasteiger partial charge in [-0.1, -0.05) is 5.21 Å². The molecule has 14 heteroatoms. The van der Waals surface area contributed by atoms with Crippen LogP contribution in [0.5, 0.6) is 0 Å². The minimum Gasteiger partial charge on any atom is -0.335 e. The van der Waals surface area contributed by atoms with Crippen LogP contribution in [0.4, 0.5) is 13.2 Å². The number of thiophene rings is 1. The molecule has 0 bridgehead atoms. The number of piperazine rings is 1. The molecule has 1 atom stereocenters. The van der Waals surface area contributed by atoms with Gasteiger partial charge < -0.3 is 4.90 Å². The fourth-order valence-corrected chi connectivity index (χ4v) is 6.57. The fourth-order valence-electron chi connectivity index (χ4n) is 5.43. The van der Waals surface area contributed by atoms with Gasteiger partial charge in [-0.2, -0.15) is 10.2 Å². The first-order valence-electron chi connectivity index (χ1n) is 13.8. The molecule has 0 saturated carbocycles. The summed E-state index contributed by atoms with van der Waals surface area (Å²) in [5, 5.41) is 22.3. The van der Waals surface area contributed by atoms with E-state index in [0.717, 1.165) is 21.6 Å².